The summed E-state index contributed by atoms with van der Waals surface area (Å²) in [6, 6.07) is 0. The number of nitrogens with one attached hydrogen (secondary N) is 1. The maximum absolute atomic E-state index is 11.3. The van der Waals surface area contributed by atoms with Crippen LogP contribution in [0.2, 0.25) is 0 Å². The van der Waals surface area contributed by atoms with Gasteiger partial charge in [-0.2, -0.15) is 0 Å². The molecular weight excluding hydrogens is 292 g/mol. The molecule has 0 aliphatic carbocycles. The van der Waals surface area contributed by atoms with Crippen molar-refractivity contribution in [3.63, 3.8) is 0 Å². The second-order valence-corrected chi connectivity index (χ2v) is 5.04. The van der Waals surface area contributed by atoms with Gasteiger partial charge in [0, 0.05) is 25.9 Å². The number of halogens is 1. The van der Waals surface area contributed by atoms with Crippen molar-refractivity contribution < 1.29 is 14.3 Å². The van der Waals surface area contributed by atoms with Crippen molar-refractivity contribution in [1.82, 2.24) is 5.32 Å². The largest absolute Gasteiger partial charge is 0.469 e. The summed E-state index contributed by atoms with van der Waals surface area (Å²) in [5.41, 5.74) is 5.31. The zero-order valence-electron chi connectivity index (χ0n) is 13.2. The van der Waals surface area contributed by atoms with E-state index in [9.17, 15) is 9.59 Å². The molecule has 0 aliphatic rings. The SMILES string of the molecule is COC(=O)CCCCCCCCCCC(=O)NCCN.Cl. The lowest BCUT2D eigenvalue weighted by Crippen LogP contribution is -2.28. The zero-order valence-corrected chi connectivity index (χ0v) is 14.0. The Balaban J connectivity index is 0. The Hall–Kier alpha value is -0.810. The number of ether oxygens (including phenoxy) is 1. The molecule has 0 unspecified atom stereocenters. The van der Waals surface area contributed by atoms with E-state index in [1.54, 1.807) is 0 Å². The van der Waals surface area contributed by atoms with E-state index in [2.05, 4.69) is 10.1 Å². The molecule has 0 aromatic carbocycles. The summed E-state index contributed by atoms with van der Waals surface area (Å²) >= 11 is 0. The fourth-order valence-electron chi connectivity index (χ4n) is 2.02. The molecule has 0 saturated carbocycles. The lowest BCUT2D eigenvalue weighted by Gasteiger charge is -2.04. The molecule has 5 nitrogen and oxygen atoms in total. The van der Waals surface area contributed by atoms with Gasteiger partial charge in [-0.15, -0.1) is 12.4 Å². The van der Waals surface area contributed by atoms with Crippen LogP contribution in [0.5, 0.6) is 0 Å². The molecule has 0 aromatic rings. The molecule has 0 bridgehead atoms. The van der Waals surface area contributed by atoms with Crippen molar-refractivity contribution in [2.24, 2.45) is 5.73 Å². The minimum Gasteiger partial charge on any atom is -0.469 e. The van der Waals surface area contributed by atoms with Gasteiger partial charge in [0.25, 0.3) is 0 Å². The van der Waals surface area contributed by atoms with E-state index in [-0.39, 0.29) is 24.3 Å². The zero-order chi connectivity index (χ0) is 15.1. The maximum Gasteiger partial charge on any atom is 0.305 e. The van der Waals surface area contributed by atoms with Crippen molar-refractivity contribution in [3.8, 4) is 0 Å². The first-order valence-electron chi connectivity index (χ1n) is 7.74. The maximum atomic E-state index is 11.3. The molecule has 0 fully saturated rings. The number of rotatable bonds is 13. The predicted molar refractivity (Wildman–Crippen MR) is 87.5 cm³/mol. The van der Waals surface area contributed by atoms with Crippen molar-refractivity contribution in [1.29, 1.82) is 0 Å². The van der Waals surface area contributed by atoms with E-state index in [0.717, 1.165) is 25.7 Å². The summed E-state index contributed by atoms with van der Waals surface area (Å²) in [6.45, 7) is 1.08. The molecular formula is C15H31ClN2O3. The third-order valence-corrected chi connectivity index (χ3v) is 3.23. The van der Waals surface area contributed by atoms with E-state index in [4.69, 9.17) is 5.73 Å². The lowest BCUT2D eigenvalue weighted by molar-refractivity contribution is -0.140. The summed E-state index contributed by atoms with van der Waals surface area (Å²) in [5.74, 6) is -0.00354. The van der Waals surface area contributed by atoms with Gasteiger partial charge < -0.3 is 15.8 Å². The van der Waals surface area contributed by atoms with Crippen LogP contribution < -0.4 is 11.1 Å². The fraction of sp³-hybridized carbons (Fsp3) is 0.867. The number of hydrogen-bond acceptors (Lipinski definition) is 4. The van der Waals surface area contributed by atoms with Gasteiger partial charge in [0.15, 0.2) is 0 Å². The molecule has 0 heterocycles. The minimum atomic E-state index is -0.113. The summed E-state index contributed by atoms with van der Waals surface area (Å²) in [6.07, 6.45) is 10.0. The van der Waals surface area contributed by atoms with Crippen molar-refractivity contribution in [2.75, 3.05) is 20.2 Å². The third kappa shape index (κ3) is 17.1. The molecule has 21 heavy (non-hydrogen) atoms. The molecule has 0 aromatic heterocycles. The van der Waals surface area contributed by atoms with Crippen LogP contribution in [0.3, 0.4) is 0 Å². The molecule has 1 amide bonds. The fourth-order valence-corrected chi connectivity index (χ4v) is 2.02. The van der Waals surface area contributed by atoms with Crippen LogP contribution in [-0.2, 0) is 14.3 Å². The topological polar surface area (TPSA) is 81.4 Å². The van der Waals surface area contributed by atoms with Crippen LogP contribution in [0.15, 0.2) is 0 Å². The first-order valence-corrected chi connectivity index (χ1v) is 7.74. The highest BCUT2D eigenvalue weighted by Gasteiger charge is 2.00. The number of carbonyl (C=O) groups excluding carboxylic acids is 2. The van der Waals surface area contributed by atoms with Crippen LogP contribution in [0, 0.1) is 0 Å². The van der Waals surface area contributed by atoms with Crippen molar-refractivity contribution >= 4 is 24.3 Å². The number of nitrogens with two attached hydrogens (primary N) is 1. The number of esters is 1. The van der Waals surface area contributed by atoms with E-state index in [1.165, 1.54) is 32.8 Å². The average molecular weight is 323 g/mol. The molecule has 0 rings (SSSR count). The smallest absolute Gasteiger partial charge is 0.305 e. The average Bonchev–Trinajstić information content (AvgIpc) is 2.46. The molecule has 0 aliphatic heterocycles. The van der Waals surface area contributed by atoms with Gasteiger partial charge >= 0.3 is 5.97 Å². The molecule has 0 radical (unpaired) electrons. The third-order valence-electron chi connectivity index (χ3n) is 3.23. The minimum absolute atomic E-state index is 0. The summed E-state index contributed by atoms with van der Waals surface area (Å²) < 4.78 is 4.59. The quantitative estimate of drug-likeness (QED) is 0.403. The first kappa shape index (κ1) is 22.5. The molecule has 3 N–H and O–H groups in total. The lowest BCUT2D eigenvalue weighted by atomic mass is 10.1. The van der Waals surface area contributed by atoms with Crippen LogP contribution in [-0.4, -0.2) is 32.1 Å². The predicted octanol–water partition coefficient (Wildman–Crippen LogP) is 2.56. The number of amides is 1. The standard InChI is InChI=1S/C15H30N2O3.ClH/c1-20-15(19)11-9-7-5-3-2-4-6-8-10-14(18)17-13-12-16;/h2-13,16H2,1H3,(H,17,18);1H. The molecule has 126 valence electrons. The Labute approximate surface area is 134 Å². The van der Waals surface area contributed by atoms with Crippen LogP contribution in [0.4, 0.5) is 0 Å². The number of methoxy groups -OCH3 is 1. The van der Waals surface area contributed by atoms with E-state index in [0.29, 0.717) is 25.9 Å². The number of hydrogen-bond donors (Lipinski definition) is 2. The van der Waals surface area contributed by atoms with Crippen LogP contribution in [0.1, 0.15) is 64.2 Å². The van der Waals surface area contributed by atoms with Gasteiger partial charge in [0.05, 0.1) is 7.11 Å². The Kier molecular flexibility index (Phi) is 18.4. The normalized spacial score (nSPS) is 9.81. The van der Waals surface area contributed by atoms with Crippen molar-refractivity contribution in [2.45, 2.75) is 64.2 Å². The van der Waals surface area contributed by atoms with Gasteiger partial charge in [-0.1, -0.05) is 38.5 Å². The Morgan fingerprint density at radius 3 is 1.86 bits per heavy atom. The van der Waals surface area contributed by atoms with E-state index < -0.39 is 0 Å². The van der Waals surface area contributed by atoms with Gasteiger partial charge in [-0.05, 0) is 12.8 Å². The van der Waals surface area contributed by atoms with Crippen LogP contribution in [0.25, 0.3) is 0 Å². The van der Waals surface area contributed by atoms with Crippen LogP contribution >= 0.6 is 12.4 Å². The van der Waals surface area contributed by atoms with E-state index in [1.807, 2.05) is 0 Å². The van der Waals surface area contributed by atoms with Gasteiger partial charge in [0.1, 0.15) is 0 Å². The highest BCUT2D eigenvalue weighted by atomic mass is 35.5. The summed E-state index contributed by atoms with van der Waals surface area (Å²) in [4.78, 5) is 22.2. The highest BCUT2D eigenvalue weighted by Crippen LogP contribution is 2.10. The molecule has 6 heteroatoms. The molecule has 0 atom stereocenters. The second-order valence-electron chi connectivity index (χ2n) is 5.04. The van der Waals surface area contributed by atoms with Gasteiger partial charge in [0.2, 0.25) is 5.91 Å². The highest BCUT2D eigenvalue weighted by molar-refractivity contribution is 5.85. The Morgan fingerprint density at radius 2 is 1.38 bits per heavy atom. The van der Waals surface area contributed by atoms with Gasteiger partial charge in [-0.25, -0.2) is 0 Å². The number of carbonyl (C=O) groups is 2. The van der Waals surface area contributed by atoms with E-state index >= 15 is 0 Å². The summed E-state index contributed by atoms with van der Waals surface area (Å²) in [7, 11) is 1.43. The van der Waals surface area contributed by atoms with Gasteiger partial charge in [-0.3, -0.25) is 9.59 Å². The molecule has 0 saturated heterocycles. The first-order chi connectivity index (χ1) is 9.70. The Bertz CT molecular complexity index is 263. The monoisotopic (exact) mass is 322 g/mol. The number of unbranched alkanes of at least 4 members (excludes halogenated alkanes) is 7. The molecule has 0 spiro atoms. The Morgan fingerprint density at radius 1 is 0.905 bits per heavy atom. The second kappa shape index (κ2) is 17.2. The van der Waals surface area contributed by atoms with Crippen molar-refractivity contribution in [3.05, 3.63) is 0 Å². The summed E-state index contributed by atoms with van der Waals surface area (Å²) in [5, 5.41) is 2.77.